The van der Waals surface area contributed by atoms with Crippen LogP contribution in [-0.4, -0.2) is 28.6 Å². The largest absolute Gasteiger partial charge is 0.506 e. The SMILES string of the molecule is CN1CC=[C]CC1c1cncc(O)c1. The lowest BCUT2D eigenvalue weighted by Crippen LogP contribution is -2.27. The predicted octanol–water partition coefficient (Wildman–Crippen LogP) is 1.52. The van der Waals surface area contributed by atoms with Crippen molar-refractivity contribution in [2.24, 2.45) is 0 Å². The molecule has 0 fully saturated rings. The van der Waals surface area contributed by atoms with Gasteiger partial charge in [0.25, 0.3) is 0 Å². The quantitative estimate of drug-likeness (QED) is 0.727. The number of hydrogen-bond acceptors (Lipinski definition) is 3. The van der Waals surface area contributed by atoms with Gasteiger partial charge in [-0.2, -0.15) is 0 Å². The lowest BCUT2D eigenvalue weighted by atomic mass is 10.0. The van der Waals surface area contributed by atoms with Gasteiger partial charge in [-0.1, -0.05) is 6.08 Å². The summed E-state index contributed by atoms with van der Waals surface area (Å²) in [6, 6.07) is 2.06. The smallest absolute Gasteiger partial charge is 0.134 e. The summed E-state index contributed by atoms with van der Waals surface area (Å²) >= 11 is 0. The van der Waals surface area contributed by atoms with E-state index in [1.165, 1.54) is 6.20 Å². The minimum atomic E-state index is 0.227. The summed E-state index contributed by atoms with van der Waals surface area (Å²) in [6.07, 6.45) is 9.35. The Bertz CT molecular complexity index is 349. The van der Waals surface area contributed by atoms with Crippen LogP contribution in [0.2, 0.25) is 0 Å². The molecular weight excluding hydrogens is 176 g/mol. The van der Waals surface area contributed by atoms with Crippen LogP contribution >= 0.6 is 0 Å². The zero-order valence-corrected chi connectivity index (χ0v) is 8.14. The zero-order chi connectivity index (χ0) is 9.97. The first kappa shape index (κ1) is 9.21. The van der Waals surface area contributed by atoms with E-state index in [9.17, 15) is 5.11 Å². The van der Waals surface area contributed by atoms with Crippen molar-refractivity contribution in [3.63, 3.8) is 0 Å². The maximum atomic E-state index is 9.32. The second-order valence-electron chi connectivity index (χ2n) is 3.54. The fraction of sp³-hybridized carbons (Fsp3) is 0.364. The lowest BCUT2D eigenvalue weighted by molar-refractivity contribution is 0.256. The van der Waals surface area contributed by atoms with Gasteiger partial charge in [0.05, 0.1) is 6.20 Å². The van der Waals surface area contributed by atoms with E-state index in [1.807, 2.05) is 6.08 Å². The Morgan fingerprint density at radius 2 is 2.43 bits per heavy atom. The van der Waals surface area contributed by atoms with Crippen molar-refractivity contribution < 1.29 is 5.11 Å². The maximum absolute atomic E-state index is 9.32. The van der Waals surface area contributed by atoms with Crippen LogP contribution in [-0.2, 0) is 0 Å². The standard InChI is InChI=1S/C11H13N2O/c1-13-5-3-2-4-11(13)9-6-10(14)8-12-7-9/h3,6-8,11,14H,4-5H2,1H3. The fourth-order valence-electron chi connectivity index (χ4n) is 1.69. The van der Waals surface area contributed by atoms with Crippen LogP contribution in [0.4, 0.5) is 0 Å². The molecule has 0 aliphatic carbocycles. The van der Waals surface area contributed by atoms with Crippen LogP contribution in [0.3, 0.4) is 0 Å². The molecule has 14 heavy (non-hydrogen) atoms. The van der Waals surface area contributed by atoms with Crippen molar-refractivity contribution in [2.75, 3.05) is 13.6 Å². The van der Waals surface area contributed by atoms with E-state index < -0.39 is 0 Å². The number of pyridine rings is 1. The molecule has 1 radical (unpaired) electrons. The Hall–Kier alpha value is -1.35. The second kappa shape index (κ2) is 3.80. The molecule has 3 heteroatoms. The van der Waals surface area contributed by atoms with Crippen LogP contribution in [0.25, 0.3) is 0 Å². The molecule has 0 bridgehead atoms. The Kier molecular flexibility index (Phi) is 2.50. The predicted molar refractivity (Wildman–Crippen MR) is 53.7 cm³/mol. The Labute approximate surface area is 83.7 Å². The third kappa shape index (κ3) is 1.77. The molecule has 2 heterocycles. The maximum Gasteiger partial charge on any atom is 0.134 e. The van der Waals surface area contributed by atoms with Crippen LogP contribution in [0.15, 0.2) is 24.5 Å². The summed E-state index contributed by atoms with van der Waals surface area (Å²) in [4.78, 5) is 6.19. The van der Waals surface area contributed by atoms with Crippen molar-refractivity contribution >= 4 is 0 Å². The van der Waals surface area contributed by atoms with Crippen LogP contribution < -0.4 is 0 Å². The molecule has 1 aliphatic rings. The molecule has 0 spiro atoms. The van der Waals surface area contributed by atoms with Crippen molar-refractivity contribution in [2.45, 2.75) is 12.5 Å². The number of nitrogens with zero attached hydrogens (tertiary/aromatic N) is 2. The van der Waals surface area contributed by atoms with Crippen molar-refractivity contribution in [3.8, 4) is 5.75 Å². The van der Waals surface area contributed by atoms with Crippen molar-refractivity contribution in [3.05, 3.63) is 36.2 Å². The number of rotatable bonds is 1. The highest BCUT2D eigenvalue weighted by molar-refractivity contribution is 5.25. The van der Waals surface area contributed by atoms with E-state index in [2.05, 4.69) is 23.0 Å². The molecule has 2 rings (SSSR count). The van der Waals surface area contributed by atoms with Crippen molar-refractivity contribution in [1.29, 1.82) is 0 Å². The summed E-state index contributed by atoms with van der Waals surface area (Å²) in [7, 11) is 2.06. The summed E-state index contributed by atoms with van der Waals surface area (Å²) < 4.78 is 0. The molecule has 0 aromatic carbocycles. The molecule has 0 saturated carbocycles. The van der Waals surface area contributed by atoms with E-state index in [4.69, 9.17) is 0 Å². The highest BCUT2D eigenvalue weighted by Crippen LogP contribution is 2.26. The Morgan fingerprint density at radius 1 is 1.57 bits per heavy atom. The van der Waals surface area contributed by atoms with Crippen LogP contribution in [0.5, 0.6) is 5.75 Å². The number of likely N-dealkylation sites (N-methyl/N-ethyl adjacent to an activating group) is 1. The van der Waals surface area contributed by atoms with Crippen LogP contribution in [0, 0.1) is 6.08 Å². The minimum Gasteiger partial charge on any atom is -0.506 e. The van der Waals surface area contributed by atoms with E-state index in [0.29, 0.717) is 6.04 Å². The number of aromatic hydroxyl groups is 1. The summed E-state index contributed by atoms with van der Waals surface area (Å²) in [5.74, 6) is 0.227. The first-order chi connectivity index (χ1) is 6.77. The Morgan fingerprint density at radius 3 is 3.14 bits per heavy atom. The molecule has 3 nitrogen and oxygen atoms in total. The van der Waals surface area contributed by atoms with Gasteiger partial charge in [-0.05, 0) is 31.2 Å². The van der Waals surface area contributed by atoms with Gasteiger partial charge < -0.3 is 5.11 Å². The van der Waals surface area contributed by atoms with Gasteiger partial charge in [-0.15, -0.1) is 0 Å². The molecule has 1 unspecified atom stereocenters. The zero-order valence-electron chi connectivity index (χ0n) is 8.14. The lowest BCUT2D eigenvalue weighted by Gasteiger charge is -2.28. The third-order valence-corrected chi connectivity index (χ3v) is 2.50. The van der Waals surface area contributed by atoms with Gasteiger partial charge in [-0.3, -0.25) is 9.88 Å². The normalized spacial score (nSPS) is 22.5. The topological polar surface area (TPSA) is 36.4 Å². The van der Waals surface area contributed by atoms with Gasteiger partial charge in [0, 0.05) is 18.8 Å². The van der Waals surface area contributed by atoms with Gasteiger partial charge in [0.1, 0.15) is 5.75 Å². The van der Waals surface area contributed by atoms with Crippen molar-refractivity contribution in [1.82, 2.24) is 9.88 Å². The molecule has 1 aliphatic heterocycles. The summed E-state index contributed by atoms with van der Waals surface area (Å²) in [5, 5.41) is 9.32. The molecule has 73 valence electrons. The monoisotopic (exact) mass is 189 g/mol. The molecule has 1 aromatic heterocycles. The highest BCUT2D eigenvalue weighted by Gasteiger charge is 2.18. The van der Waals surface area contributed by atoms with Gasteiger partial charge in [-0.25, -0.2) is 0 Å². The van der Waals surface area contributed by atoms with E-state index in [0.717, 1.165) is 18.5 Å². The minimum absolute atomic E-state index is 0.227. The number of aromatic nitrogens is 1. The first-order valence-electron chi connectivity index (χ1n) is 4.66. The van der Waals surface area contributed by atoms with Gasteiger partial charge in [0.2, 0.25) is 0 Å². The van der Waals surface area contributed by atoms with E-state index in [1.54, 1.807) is 12.3 Å². The molecule has 0 saturated heterocycles. The fourth-order valence-corrected chi connectivity index (χ4v) is 1.69. The third-order valence-electron chi connectivity index (χ3n) is 2.50. The molecule has 1 aromatic rings. The van der Waals surface area contributed by atoms with Crippen LogP contribution in [0.1, 0.15) is 18.0 Å². The van der Waals surface area contributed by atoms with Gasteiger partial charge in [0.15, 0.2) is 0 Å². The molecule has 1 N–H and O–H groups in total. The Balaban J connectivity index is 2.25. The molecule has 1 atom stereocenters. The van der Waals surface area contributed by atoms with E-state index >= 15 is 0 Å². The van der Waals surface area contributed by atoms with E-state index in [-0.39, 0.29) is 5.75 Å². The highest BCUT2D eigenvalue weighted by atomic mass is 16.3. The second-order valence-corrected chi connectivity index (χ2v) is 3.54. The summed E-state index contributed by atoms with van der Waals surface area (Å²) in [5.41, 5.74) is 1.05. The molecule has 0 amide bonds. The summed E-state index contributed by atoms with van der Waals surface area (Å²) in [6.45, 7) is 0.903. The van der Waals surface area contributed by atoms with Gasteiger partial charge >= 0.3 is 0 Å². The molecular formula is C11H13N2O. The number of hydrogen-bond donors (Lipinski definition) is 1. The average Bonchev–Trinajstić information content (AvgIpc) is 2.18. The average molecular weight is 189 g/mol. The first-order valence-corrected chi connectivity index (χ1v) is 4.66.